The summed E-state index contributed by atoms with van der Waals surface area (Å²) in [6.07, 6.45) is 7.29. The van der Waals surface area contributed by atoms with Gasteiger partial charge in [-0.25, -0.2) is 24.7 Å². The van der Waals surface area contributed by atoms with Gasteiger partial charge in [-0.3, -0.25) is 19.0 Å². The minimum atomic E-state index is -1.28. The topological polar surface area (TPSA) is 277 Å². The van der Waals surface area contributed by atoms with E-state index in [1.54, 1.807) is 69.1 Å². The number of hydrogen-bond acceptors (Lipinski definition) is 16. The van der Waals surface area contributed by atoms with Crippen molar-refractivity contribution >= 4 is 70.1 Å². The largest absolute Gasteiger partial charge is 0.497 e. The number of benzene rings is 2. The van der Waals surface area contributed by atoms with Gasteiger partial charge in [-0.05, 0) is 76.1 Å². The SMILES string of the molecule is COc1ccc2c(c1)c(-c1cnc3[nH]cc(C(=O)N[C@@H]4CCOC[C@@H]4N)c3n1)nn2C.COc1ccc2c(c1)c(-c1cnc3c(n1)c(C(=O)N[C@@H]1CCOC[C@@H]1NC(=O)OC(C)(C)C)cn3COCC[Si](C)(C)C)nn2C. The van der Waals surface area contributed by atoms with Gasteiger partial charge in [0.1, 0.15) is 57.6 Å². The predicted octanol–water partition coefficient (Wildman–Crippen LogP) is 6.08. The highest BCUT2D eigenvalue weighted by Gasteiger charge is 2.32. The second kappa shape index (κ2) is 22.6. The summed E-state index contributed by atoms with van der Waals surface area (Å²) < 4.78 is 38.7. The van der Waals surface area contributed by atoms with Gasteiger partial charge in [0.15, 0.2) is 11.3 Å². The lowest BCUT2D eigenvalue weighted by Crippen LogP contribution is -2.57. The molecule has 0 bridgehead atoms. The Hall–Kier alpha value is -7.51. The van der Waals surface area contributed by atoms with Crippen LogP contribution < -0.4 is 31.2 Å². The fraction of sp³-hybridized carbons (Fsp3) is 0.453. The summed E-state index contributed by atoms with van der Waals surface area (Å²) in [6.45, 7) is 14.8. The Labute approximate surface area is 445 Å². The standard InChI is InChI=1S/C32H45N7O6Si.C21H23N7O3/c1-32(2,3)45-31(41)36-25-18-43-12-11-23(25)35-30(40)22-17-39(19-44-13-14-46(6,7)8)29-28(22)34-24(16-33-29)27-21-15-20(42-5)9-10-26(21)38(4)37-27;1-28-17-4-3-11(30-2)7-12(17)18(27-28)16-9-24-20-19(25-16)13(8-23-20)21(29)26-15-5-6-31-10-14(15)22/h9-10,15-17,23,25H,11-14,18-19H2,1-8H3,(H,35,40)(H,36,41);3-4,7-9,14-15H,5-6,10,22H2,1-2H3,(H,23,24)(H,26,29)/t23-,25+;14-,15+/m10/s1. The molecule has 24 heteroatoms. The van der Waals surface area contributed by atoms with Crippen molar-refractivity contribution in [2.75, 3.05) is 47.3 Å². The minimum Gasteiger partial charge on any atom is -0.497 e. The lowest BCUT2D eigenvalue weighted by Gasteiger charge is -2.33. The van der Waals surface area contributed by atoms with Gasteiger partial charge < -0.3 is 59.7 Å². The number of H-pyrrole nitrogens is 1. The number of carbonyl (C=O) groups excluding carboxylic acids is 3. The second-order valence-corrected chi connectivity index (χ2v) is 27.1. The summed E-state index contributed by atoms with van der Waals surface area (Å²) in [5, 5.41) is 20.1. The molecule has 6 aromatic heterocycles. The summed E-state index contributed by atoms with van der Waals surface area (Å²) in [5.74, 6) is 0.842. The molecule has 2 aliphatic rings. The first-order valence-electron chi connectivity index (χ1n) is 25.6. The van der Waals surface area contributed by atoms with E-state index in [2.05, 4.69) is 50.7 Å². The van der Waals surface area contributed by atoms with Gasteiger partial charge in [-0.1, -0.05) is 19.6 Å². The summed E-state index contributed by atoms with van der Waals surface area (Å²) in [5.41, 5.74) is 12.4. The van der Waals surface area contributed by atoms with Crippen molar-refractivity contribution in [2.45, 2.75) is 95.8 Å². The van der Waals surface area contributed by atoms with E-state index in [-0.39, 0.29) is 43.3 Å². The van der Waals surface area contributed by atoms with Gasteiger partial charge in [0.2, 0.25) is 0 Å². The molecule has 3 amide bonds. The van der Waals surface area contributed by atoms with Crippen LogP contribution in [-0.2, 0) is 39.8 Å². The van der Waals surface area contributed by atoms with Gasteiger partial charge in [0, 0.05) is 77.2 Å². The highest BCUT2D eigenvalue weighted by molar-refractivity contribution is 6.76. The van der Waals surface area contributed by atoms with E-state index >= 15 is 0 Å². The van der Waals surface area contributed by atoms with Crippen LogP contribution in [0.3, 0.4) is 0 Å². The smallest absolute Gasteiger partial charge is 0.408 e. The summed E-state index contributed by atoms with van der Waals surface area (Å²) >= 11 is 0. The van der Waals surface area contributed by atoms with Gasteiger partial charge in [0.05, 0.1) is 74.1 Å². The van der Waals surface area contributed by atoms with E-state index < -0.39 is 25.8 Å². The van der Waals surface area contributed by atoms with Crippen molar-refractivity contribution in [3.05, 3.63) is 72.3 Å². The Morgan fingerprint density at radius 2 is 1.36 bits per heavy atom. The summed E-state index contributed by atoms with van der Waals surface area (Å²) in [4.78, 5) is 61.4. The second-order valence-electron chi connectivity index (χ2n) is 21.5. The third-order valence-electron chi connectivity index (χ3n) is 13.4. The molecule has 2 aromatic carbocycles. The number of hydrogen-bond donors (Lipinski definition) is 5. The molecule has 0 radical (unpaired) electrons. The zero-order chi connectivity index (χ0) is 54.8. The number of aromatic amines is 1. The van der Waals surface area contributed by atoms with Crippen molar-refractivity contribution < 1.29 is 42.8 Å². The van der Waals surface area contributed by atoms with Crippen LogP contribution in [0.5, 0.6) is 11.5 Å². The fourth-order valence-corrected chi connectivity index (χ4v) is 9.97. The highest BCUT2D eigenvalue weighted by Crippen LogP contribution is 2.33. The molecule has 8 aromatic rings. The Balaban J connectivity index is 0.000000202. The molecule has 4 atom stereocenters. The molecule has 6 N–H and O–H groups in total. The van der Waals surface area contributed by atoms with Crippen LogP contribution in [-0.4, -0.2) is 152 Å². The highest BCUT2D eigenvalue weighted by atomic mass is 28.3. The number of nitrogens with two attached hydrogens (primary N) is 1. The molecule has 0 saturated carbocycles. The zero-order valence-electron chi connectivity index (χ0n) is 45.2. The number of ether oxygens (including phenoxy) is 6. The van der Waals surface area contributed by atoms with Crippen molar-refractivity contribution in [3.8, 4) is 34.3 Å². The zero-order valence-corrected chi connectivity index (χ0v) is 46.2. The number of carbonyl (C=O) groups is 3. The molecule has 23 nitrogen and oxygen atoms in total. The van der Waals surface area contributed by atoms with E-state index in [0.29, 0.717) is 101 Å². The van der Waals surface area contributed by atoms with Gasteiger partial charge in [0.25, 0.3) is 11.8 Å². The molecule has 2 fully saturated rings. The molecule has 408 valence electrons. The number of nitrogens with zero attached hydrogens (tertiary/aromatic N) is 9. The first-order valence-corrected chi connectivity index (χ1v) is 29.3. The number of aryl methyl sites for hydroxylation is 2. The van der Waals surface area contributed by atoms with Crippen LogP contribution in [0.15, 0.2) is 61.2 Å². The Morgan fingerprint density at radius 3 is 1.97 bits per heavy atom. The Bertz CT molecular complexity index is 3450. The van der Waals surface area contributed by atoms with E-state index in [0.717, 1.165) is 33.6 Å². The van der Waals surface area contributed by atoms with E-state index in [4.69, 9.17) is 54.2 Å². The van der Waals surface area contributed by atoms with Gasteiger partial charge in [-0.2, -0.15) is 10.2 Å². The van der Waals surface area contributed by atoms with Crippen molar-refractivity contribution in [3.63, 3.8) is 0 Å². The quantitative estimate of drug-likeness (QED) is 0.0609. The first-order chi connectivity index (χ1) is 36.8. The van der Waals surface area contributed by atoms with Crippen LogP contribution in [0.1, 0.15) is 54.3 Å². The molecule has 8 heterocycles. The molecule has 2 aliphatic heterocycles. The lowest BCUT2D eigenvalue weighted by molar-refractivity contribution is 0.0249. The van der Waals surface area contributed by atoms with Gasteiger partial charge >= 0.3 is 6.09 Å². The Kier molecular flexibility index (Phi) is 15.9. The maximum Gasteiger partial charge on any atom is 0.408 e. The minimum absolute atomic E-state index is 0.144. The summed E-state index contributed by atoms with van der Waals surface area (Å²) in [6, 6.07) is 11.3. The fourth-order valence-electron chi connectivity index (χ4n) is 9.22. The van der Waals surface area contributed by atoms with Crippen LogP contribution in [0.25, 0.3) is 66.9 Å². The number of rotatable bonds is 14. The van der Waals surface area contributed by atoms with Crippen LogP contribution >= 0.6 is 0 Å². The number of fused-ring (bicyclic) bond motifs is 4. The first kappa shape index (κ1) is 54.3. The normalized spacial score (nSPS) is 18.0. The number of aromatic nitrogens is 10. The Morgan fingerprint density at radius 1 is 0.779 bits per heavy atom. The van der Waals surface area contributed by atoms with Crippen molar-refractivity contribution in [1.82, 2.24) is 65.0 Å². The van der Waals surface area contributed by atoms with E-state index in [1.807, 2.05) is 55.1 Å². The predicted molar refractivity (Wildman–Crippen MR) is 293 cm³/mol. The van der Waals surface area contributed by atoms with Crippen LogP contribution in [0, 0.1) is 0 Å². The molecular weight excluding hydrogens is 1000 g/mol. The lowest BCUT2D eigenvalue weighted by atomic mass is 10.0. The van der Waals surface area contributed by atoms with Crippen LogP contribution in [0.4, 0.5) is 4.79 Å². The number of methoxy groups -OCH3 is 2. The number of alkyl carbamates (subject to hydrolysis) is 1. The third-order valence-corrected chi connectivity index (χ3v) is 15.1. The average molecular weight is 1070 g/mol. The molecule has 0 unspecified atom stereocenters. The molecule has 10 rings (SSSR count). The van der Waals surface area contributed by atoms with Crippen molar-refractivity contribution in [1.29, 1.82) is 0 Å². The van der Waals surface area contributed by atoms with E-state index in [9.17, 15) is 14.4 Å². The molecule has 2 saturated heterocycles. The van der Waals surface area contributed by atoms with Crippen LogP contribution in [0.2, 0.25) is 25.7 Å². The molecule has 77 heavy (non-hydrogen) atoms. The van der Waals surface area contributed by atoms with Gasteiger partial charge in [-0.15, -0.1) is 0 Å². The third kappa shape index (κ3) is 12.4. The van der Waals surface area contributed by atoms with Crippen molar-refractivity contribution in [2.24, 2.45) is 19.8 Å². The average Bonchev–Trinajstić information content (AvgIpc) is 4.28. The molecule has 0 spiro atoms. The number of nitrogens with one attached hydrogen (secondary N) is 4. The summed E-state index contributed by atoms with van der Waals surface area (Å²) in [7, 11) is 5.70. The molecular formula is C53H68N14O9Si. The maximum atomic E-state index is 14.0. The monoisotopic (exact) mass is 1070 g/mol. The van der Waals surface area contributed by atoms with E-state index in [1.165, 1.54) is 0 Å². The molecule has 0 aliphatic carbocycles. The maximum absolute atomic E-state index is 14.0. The number of amides is 3.